The number of halogens is 3. The van der Waals surface area contributed by atoms with E-state index in [-0.39, 0.29) is 0 Å². The van der Waals surface area contributed by atoms with Crippen LogP contribution in [-0.2, 0) is 0 Å². The first-order valence-corrected chi connectivity index (χ1v) is 4.11. The number of aliphatic hydroxyl groups is 3. The number of rotatable bonds is 3. The number of aliphatic hydroxyl groups excluding tert-OH is 3. The summed E-state index contributed by atoms with van der Waals surface area (Å²) in [4.78, 5) is 0. The molecule has 14 heavy (non-hydrogen) atoms. The van der Waals surface area contributed by atoms with Crippen LogP contribution in [0.4, 0.5) is 13.2 Å². The lowest BCUT2D eigenvalue weighted by Crippen LogP contribution is -2.50. The topological polar surface area (TPSA) is 72.7 Å². The second kappa shape index (κ2) is 4.01. The molecule has 0 aromatic carbocycles. The van der Waals surface area contributed by atoms with Crippen molar-refractivity contribution in [3.63, 3.8) is 0 Å². The van der Waals surface area contributed by atoms with Crippen LogP contribution in [-0.4, -0.2) is 58.8 Å². The van der Waals surface area contributed by atoms with Crippen LogP contribution in [0.5, 0.6) is 0 Å². The zero-order valence-corrected chi connectivity index (χ0v) is 7.20. The summed E-state index contributed by atoms with van der Waals surface area (Å²) >= 11 is 0. The molecular weight excluding hydrogens is 203 g/mol. The van der Waals surface area contributed by atoms with E-state index in [1.807, 2.05) is 5.32 Å². The third-order valence-electron chi connectivity index (χ3n) is 2.31. The molecule has 0 aliphatic carbocycles. The average Bonchev–Trinajstić information content (AvgIpc) is 2.44. The lowest BCUT2D eigenvalue weighted by Gasteiger charge is -2.23. The maximum Gasteiger partial charge on any atom is 0.288 e. The third-order valence-corrected chi connectivity index (χ3v) is 2.31. The van der Waals surface area contributed by atoms with Crippen molar-refractivity contribution < 1.29 is 28.5 Å². The molecule has 1 aliphatic heterocycles. The molecule has 4 N–H and O–H groups in total. The molecule has 1 aliphatic rings. The molecule has 0 spiro atoms. The molecular formula is C7H12F3NO3. The fraction of sp³-hybridized carbons (Fsp3) is 1.00. The van der Waals surface area contributed by atoms with Crippen LogP contribution in [0.15, 0.2) is 0 Å². The van der Waals surface area contributed by atoms with E-state index in [1.165, 1.54) is 0 Å². The Labute approximate surface area is 78.4 Å². The molecule has 0 aromatic rings. The number of alkyl halides is 3. The summed E-state index contributed by atoms with van der Waals surface area (Å²) in [6.45, 7) is -2.16. The minimum Gasteiger partial charge on any atom is -0.395 e. The Morgan fingerprint density at radius 2 is 1.86 bits per heavy atom. The average molecular weight is 215 g/mol. The number of hydrogen-bond donors (Lipinski definition) is 4. The van der Waals surface area contributed by atoms with Gasteiger partial charge in [-0.2, -0.15) is 0 Å². The highest BCUT2D eigenvalue weighted by Crippen LogP contribution is 2.29. The van der Waals surface area contributed by atoms with Crippen LogP contribution in [0.2, 0.25) is 0 Å². The SMILES string of the molecule is OC[C@@H]1N[C@H](C(F)(F)CO)[C@H](O)[C@H]1F. The predicted octanol–water partition coefficient (Wildman–Crippen LogP) is -1.35. The first-order chi connectivity index (χ1) is 6.44. The minimum atomic E-state index is -3.60. The molecule has 1 fully saturated rings. The van der Waals surface area contributed by atoms with Crippen LogP contribution in [0.1, 0.15) is 0 Å². The number of nitrogens with one attached hydrogen (secondary N) is 1. The van der Waals surface area contributed by atoms with Crippen molar-refractivity contribution >= 4 is 0 Å². The van der Waals surface area contributed by atoms with Crippen LogP contribution >= 0.6 is 0 Å². The fourth-order valence-corrected chi connectivity index (χ4v) is 1.47. The van der Waals surface area contributed by atoms with Gasteiger partial charge in [-0.3, -0.25) is 5.32 Å². The van der Waals surface area contributed by atoms with Gasteiger partial charge in [-0.25, -0.2) is 13.2 Å². The van der Waals surface area contributed by atoms with Gasteiger partial charge in [0.05, 0.1) is 12.6 Å². The monoisotopic (exact) mass is 215 g/mol. The molecule has 0 saturated carbocycles. The Kier molecular flexibility index (Phi) is 3.36. The van der Waals surface area contributed by atoms with E-state index in [0.29, 0.717) is 0 Å². The first-order valence-electron chi connectivity index (χ1n) is 4.11. The van der Waals surface area contributed by atoms with Gasteiger partial charge < -0.3 is 15.3 Å². The van der Waals surface area contributed by atoms with Gasteiger partial charge in [0.1, 0.15) is 24.9 Å². The second-order valence-electron chi connectivity index (χ2n) is 3.29. The highest BCUT2D eigenvalue weighted by molar-refractivity contribution is 5.03. The van der Waals surface area contributed by atoms with E-state index < -0.39 is 43.5 Å². The zero-order valence-electron chi connectivity index (χ0n) is 7.20. The zero-order chi connectivity index (χ0) is 10.9. The van der Waals surface area contributed by atoms with Gasteiger partial charge in [-0.15, -0.1) is 0 Å². The summed E-state index contributed by atoms with van der Waals surface area (Å²) in [7, 11) is 0. The van der Waals surface area contributed by atoms with Gasteiger partial charge in [0.2, 0.25) is 0 Å². The van der Waals surface area contributed by atoms with Crippen molar-refractivity contribution in [1.82, 2.24) is 5.32 Å². The summed E-state index contributed by atoms with van der Waals surface area (Å²) < 4.78 is 38.8. The molecule has 84 valence electrons. The van der Waals surface area contributed by atoms with Crippen LogP contribution in [0.3, 0.4) is 0 Å². The number of hydrogen-bond acceptors (Lipinski definition) is 4. The van der Waals surface area contributed by atoms with Crippen LogP contribution in [0, 0.1) is 0 Å². The maximum atomic E-state index is 13.0. The van der Waals surface area contributed by atoms with E-state index >= 15 is 0 Å². The third kappa shape index (κ3) is 1.85. The Bertz CT molecular complexity index is 205. The van der Waals surface area contributed by atoms with E-state index in [2.05, 4.69) is 0 Å². The van der Waals surface area contributed by atoms with Crippen molar-refractivity contribution in [3.05, 3.63) is 0 Å². The summed E-state index contributed by atoms with van der Waals surface area (Å²) in [5, 5.41) is 28.1. The smallest absolute Gasteiger partial charge is 0.288 e. The van der Waals surface area contributed by atoms with E-state index in [9.17, 15) is 13.2 Å². The Hall–Kier alpha value is -0.370. The summed E-state index contributed by atoms with van der Waals surface area (Å²) in [5.41, 5.74) is 0. The summed E-state index contributed by atoms with van der Waals surface area (Å²) in [5.74, 6) is -3.60. The maximum absolute atomic E-state index is 13.0. The van der Waals surface area contributed by atoms with Crippen molar-refractivity contribution in [2.75, 3.05) is 13.2 Å². The molecule has 1 saturated heterocycles. The molecule has 4 nitrogen and oxygen atoms in total. The van der Waals surface area contributed by atoms with Crippen molar-refractivity contribution in [1.29, 1.82) is 0 Å². The fourth-order valence-electron chi connectivity index (χ4n) is 1.47. The minimum absolute atomic E-state index is 0.684. The van der Waals surface area contributed by atoms with Gasteiger partial charge in [0, 0.05) is 0 Å². The van der Waals surface area contributed by atoms with E-state index in [1.54, 1.807) is 0 Å². The van der Waals surface area contributed by atoms with Crippen LogP contribution in [0.25, 0.3) is 0 Å². The molecule has 4 atom stereocenters. The lowest BCUT2D eigenvalue weighted by atomic mass is 10.0. The first kappa shape index (κ1) is 11.7. The molecule has 0 bridgehead atoms. The molecule has 0 amide bonds. The molecule has 0 unspecified atom stereocenters. The predicted molar refractivity (Wildman–Crippen MR) is 40.7 cm³/mol. The quantitative estimate of drug-likeness (QED) is 0.469. The second-order valence-corrected chi connectivity index (χ2v) is 3.29. The van der Waals surface area contributed by atoms with Crippen LogP contribution < -0.4 is 5.32 Å². The largest absolute Gasteiger partial charge is 0.395 e. The van der Waals surface area contributed by atoms with Gasteiger partial charge in [0.15, 0.2) is 0 Å². The highest BCUT2D eigenvalue weighted by atomic mass is 19.3. The van der Waals surface area contributed by atoms with Gasteiger partial charge in [-0.05, 0) is 0 Å². The van der Waals surface area contributed by atoms with Gasteiger partial charge in [0.25, 0.3) is 5.92 Å². The molecule has 0 radical (unpaired) electrons. The Morgan fingerprint density at radius 1 is 1.29 bits per heavy atom. The highest BCUT2D eigenvalue weighted by Gasteiger charge is 2.53. The molecule has 7 heteroatoms. The van der Waals surface area contributed by atoms with Crippen molar-refractivity contribution in [2.24, 2.45) is 0 Å². The lowest BCUT2D eigenvalue weighted by molar-refractivity contribution is -0.103. The summed E-state index contributed by atoms with van der Waals surface area (Å²) in [6, 6.07) is -3.08. The normalized spacial score (nSPS) is 39.0. The van der Waals surface area contributed by atoms with Crippen molar-refractivity contribution in [2.45, 2.75) is 30.3 Å². The van der Waals surface area contributed by atoms with Gasteiger partial charge in [-0.1, -0.05) is 0 Å². The standard InChI is InChI=1S/C7H12F3NO3/c8-4-3(1-12)11-6(5(4)14)7(9,10)2-13/h3-6,11-14H,1-2H2/t3-,4-,5+,6-/m0/s1. The van der Waals surface area contributed by atoms with E-state index in [0.717, 1.165) is 0 Å². The molecule has 0 aromatic heterocycles. The van der Waals surface area contributed by atoms with Crippen molar-refractivity contribution in [3.8, 4) is 0 Å². The van der Waals surface area contributed by atoms with Gasteiger partial charge >= 0.3 is 0 Å². The molecule has 1 rings (SSSR count). The molecule has 1 heterocycles. The Morgan fingerprint density at radius 3 is 2.21 bits per heavy atom. The Balaban J connectivity index is 2.74. The summed E-state index contributed by atoms with van der Waals surface area (Å²) in [6.07, 6.45) is -3.88. The van der Waals surface area contributed by atoms with E-state index in [4.69, 9.17) is 15.3 Å².